The first-order valence-corrected chi connectivity index (χ1v) is 6.64. The van der Waals surface area contributed by atoms with Crippen molar-refractivity contribution in [1.82, 2.24) is 15.6 Å². The number of anilines is 1. The van der Waals surface area contributed by atoms with Gasteiger partial charge in [-0.3, -0.25) is 9.59 Å². The van der Waals surface area contributed by atoms with Crippen molar-refractivity contribution in [3.63, 3.8) is 0 Å². The molecule has 0 radical (unpaired) electrons. The van der Waals surface area contributed by atoms with Crippen LogP contribution >= 0.6 is 15.9 Å². The van der Waals surface area contributed by atoms with E-state index >= 15 is 0 Å². The molecule has 0 bridgehead atoms. The summed E-state index contributed by atoms with van der Waals surface area (Å²) >= 11 is 3.26. The molecule has 0 atom stereocenters. The smallest absolute Gasteiger partial charge is 0.255 e. The third-order valence-electron chi connectivity index (χ3n) is 2.19. The maximum Gasteiger partial charge on any atom is 0.255 e. The van der Waals surface area contributed by atoms with Gasteiger partial charge < -0.3 is 16.0 Å². The molecule has 2 amide bonds. The summed E-state index contributed by atoms with van der Waals surface area (Å²) in [6.07, 6.45) is 1.59. The highest BCUT2D eigenvalue weighted by molar-refractivity contribution is 9.10. The number of nitrogens with one attached hydrogen (secondary N) is 3. The molecule has 0 fully saturated rings. The van der Waals surface area contributed by atoms with Crippen LogP contribution in [-0.2, 0) is 4.79 Å². The molecule has 0 spiro atoms. The van der Waals surface area contributed by atoms with Gasteiger partial charge in [0.05, 0.1) is 12.1 Å². The number of carbonyl (C=O) groups excluding carboxylic acids is 2. The molecule has 1 heterocycles. The number of halogens is 1. The highest BCUT2D eigenvalue weighted by atomic mass is 79.9. The number of rotatable bonds is 5. The number of amides is 2. The van der Waals surface area contributed by atoms with Crippen LogP contribution in [0.15, 0.2) is 16.7 Å². The van der Waals surface area contributed by atoms with E-state index in [4.69, 9.17) is 0 Å². The first-order valence-electron chi connectivity index (χ1n) is 5.85. The van der Waals surface area contributed by atoms with Crippen molar-refractivity contribution < 1.29 is 9.59 Å². The van der Waals surface area contributed by atoms with Crippen molar-refractivity contribution in [3.8, 4) is 0 Å². The lowest BCUT2D eigenvalue weighted by atomic mass is 10.2. The molecule has 1 aromatic heterocycles. The Hall–Kier alpha value is -1.63. The number of nitrogens with zero attached hydrogens (tertiary/aromatic N) is 1. The molecule has 1 aromatic rings. The van der Waals surface area contributed by atoms with Gasteiger partial charge in [0.15, 0.2) is 0 Å². The average molecular weight is 329 g/mol. The van der Waals surface area contributed by atoms with Crippen molar-refractivity contribution in [1.29, 1.82) is 0 Å². The lowest BCUT2D eigenvalue weighted by Gasteiger charge is -2.11. The van der Waals surface area contributed by atoms with Crippen molar-refractivity contribution in [2.75, 3.05) is 18.9 Å². The molecule has 0 aliphatic rings. The van der Waals surface area contributed by atoms with E-state index < -0.39 is 0 Å². The highest BCUT2D eigenvalue weighted by Crippen LogP contribution is 2.17. The lowest BCUT2D eigenvalue weighted by molar-refractivity contribution is -0.120. The van der Waals surface area contributed by atoms with Crippen LogP contribution in [0.4, 0.5) is 5.82 Å². The maximum atomic E-state index is 12.0. The minimum absolute atomic E-state index is 0.0461. The molecule has 19 heavy (non-hydrogen) atoms. The van der Waals surface area contributed by atoms with E-state index in [1.807, 2.05) is 13.8 Å². The Labute approximate surface area is 120 Å². The summed E-state index contributed by atoms with van der Waals surface area (Å²) in [6.45, 7) is 3.65. The second-order valence-electron chi connectivity index (χ2n) is 4.20. The summed E-state index contributed by atoms with van der Waals surface area (Å²) in [5, 5.41) is 8.08. The van der Waals surface area contributed by atoms with Gasteiger partial charge >= 0.3 is 0 Å². The molecule has 3 N–H and O–H groups in total. The van der Waals surface area contributed by atoms with Crippen LogP contribution in [0, 0.1) is 0 Å². The summed E-state index contributed by atoms with van der Waals surface area (Å²) in [5.74, 6) is -0.112. The highest BCUT2D eigenvalue weighted by Gasteiger charge is 2.13. The van der Waals surface area contributed by atoms with Gasteiger partial charge in [0.1, 0.15) is 5.82 Å². The van der Waals surface area contributed by atoms with Gasteiger partial charge in [0.2, 0.25) is 5.91 Å². The molecule has 0 unspecified atom stereocenters. The zero-order chi connectivity index (χ0) is 14.4. The van der Waals surface area contributed by atoms with Crippen LogP contribution in [-0.4, -0.2) is 36.4 Å². The molecule has 0 saturated heterocycles. The Balaban J connectivity index is 2.68. The standard InChI is InChI=1S/C12H17BrN4O2/c1-7(2)17-10(18)6-16-12(19)9-4-8(13)5-15-11(9)14-3/h4-5,7H,6H2,1-3H3,(H,14,15)(H,16,19)(H,17,18). The average Bonchev–Trinajstić information content (AvgIpc) is 2.35. The topological polar surface area (TPSA) is 83.1 Å². The van der Waals surface area contributed by atoms with E-state index in [2.05, 4.69) is 36.9 Å². The van der Waals surface area contributed by atoms with Gasteiger partial charge in [-0.25, -0.2) is 4.98 Å². The first kappa shape index (κ1) is 15.4. The van der Waals surface area contributed by atoms with Gasteiger partial charge in [-0.1, -0.05) is 0 Å². The Kier molecular flexibility index (Phi) is 5.75. The van der Waals surface area contributed by atoms with Crippen molar-refractivity contribution >= 4 is 33.6 Å². The van der Waals surface area contributed by atoms with Crippen molar-refractivity contribution in [2.45, 2.75) is 19.9 Å². The van der Waals surface area contributed by atoms with Crippen LogP contribution in [0.2, 0.25) is 0 Å². The predicted octanol–water partition coefficient (Wildman–Crippen LogP) is 1.14. The van der Waals surface area contributed by atoms with Crippen LogP contribution < -0.4 is 16.0 Å². The molecule has 0 aliphatic carbocycles. The van der Waals surface area contributed by atoms with Crippen LogP contribution in [0.5, 0.6) is 0 Å². The third-order valence-corrected chi connectivity index (χ3v) is 2.63. The van der Waals surface area contributed by atoms with E-state index in [0.29, 0.717) is 15.9 Å². The number of hydrogen-bond donors (Lipinski definition) is 3. The SMILES string of the molecule is CNc1ncc(Br)cc1C(=O)NCC(=O)NC(C)C. The largest absolute Gasteiger partial charge is 0.372 e. The summed E-state index contributed by atoms with van der Waals surface area (Å²) < 4.78 is 0.697. The minimum Gasteiger partial charge on any atom is -0.372 e. The van der Waals surface area contributed by atoms with E-state index in [1.165, 1.54) is 0 Å². The summed E-state index contributed by atoms with van der Waals surface area (Å²) in [5.41, 5.74) is 0.384. The van der Waals surface area contributed by atoms with Gasteiger partial charge in [-0.15, -0.1) is 0 Å². The monoisotopic (exact) mass is 328 g/mol. The van der Waals surface area contributed by atoms with E-state index in [0.717, 1.165) is 0 Å². The van der Waals surface area contributed by atoms with Crippen LogP contribution in [0.25, 0.3) is 0 Å². The molecule has 0 aromatic carbocycles. The van der Waals surface area contributed by atoms with Gasteiger partial charge in [-0.2, -0.15) is 0 Å². The molecular weight excluding hydrogens is 312 g/mol. The summed E-state index contributed by atoms with van der Waals surface area (Å²) in [6, 6.07) is 1.69. The molecule has 1 rings (SSSR count). The fraction of sp³-hybridized carbons (Fsp3) is 0.417. The molecule has 7 heteroatoms. The predicted molar refractivity (Wildman–Crippen MR) is 77.1 cm³/mol. The first-order chi connectivity index (χ1) is 8.93. The molecule has 6 nitrogen and oxygen atoms in total. The minimum atomic E-state index is -0.350. The second kappa shape index (κ2) is 7.08. The number of hydrogen-bond acceptors (Lipinski definition) is 4. The Bertz CT molecular complexity index is 477. The normalized spacial score (nSPS) is 10.2. The second-order valence-corrected chi connectivity index (χ2v) is 5.12. The van der Waals surface area contributed by atoms with Gasteiger partial charge in [0, 0.05) is 23.8 Å². The molecule has 0 aliphatic heterocycles. The lowest BCUT2D eigenvalue weighted by Crippen LogP contribution is -2.40. The quantitative estimate of drug-likeness (QED) is 0.756. The molecular formula is C12H17BrN4O2. The van der Waals surface area contributed by atoms with E-state index in [9.17, 15) is 9.59 Å². The fourth-order valence-corrected chi connectivity index (χ4v) is 1.77. The zero-order valence-corrected chi connectivity index (χ0v) is 12.7. The Morgan fingerprint density at radius 1 is 1.42 bits per heavy atom. The summed E-state index contributed by atoms with van der Waals surface area (Å²) in [4.78, 5) is 27.5. The fourth-order valence-electron chi connectivity index (χ4n) is 1.44. The number of aromatic nitrogens is 1. The third kappa shape index (κ3) is 4.86. The Morgan fingerprint density at radius 3 is 2.68 bits per heavy atom. The van der Waals surface area contributed by atoms with E-state index in [1.54, 1.807) is 19.3 Å². The molecule has 0 saturated carbocycles. The Morgan fingerprint density at radius 2 is 2.11 bits per heavy atom. The maximum absolute atomic E-state index is 12.0. The van der Waals surface area contributed by atoms with Gasteiger partial charge in [0.25, 0.3) is 5.91 Å². The zero-order valence-electron chi connectivity index (χ0n) is 11.1. The summed E-state index contributed by atoms with van der Waals surface area (Å²) in [7, 11) is 1.68. The number of pyridine rings is 1. The van der Waals surface area contributed by atoms with Gasteiger partial charge in [-0.05, 0) is 35.8 Å². The van der Waals surface area contributed by atoms with Crippen molar-refractivity contribution in [2.24, 2.45) is 0 Å². The van der Waals surface area contributed by atoms with Crippen LogP contribution in [0.3, 0.4) is 0 Å². The van der Waals surface area contributed by atoms with Crippen LogP contribution in [0.1, 0.15) is 24.2 Å². The van der Waals surface area contributed by atoms with Crippen molar-refractivity contribution in [3.05, 3.63) is 22.3 Å². The molecule has 104 valence electrons. The number of carbonyl (C=O) groups is 2. The van der Waals surface area contributed by atoms with E-state index in [-0.39, 0.29) is 24.4 Å².